The molecule has 2 aromatic heterocycles. The van der Waals surface area contributed by atoms with E-state index in [2.05, 4.69) is 11.1 Å². The number of rotatable bonds is 5. The van der Waals surface area contributed by atoms with Gasteiger partial charge in [-0.1, -0.05) is 6.08 Å². The lowest BCUT2D eigenvalue weighted by Gasteiger charge is -2.16. The molecule has 1 amide bonds. The van der Waals surface area contributed by atoms with Crippen LogP contribution in [0.1, 0.15) is 41.6 Å². The van der Waals surface area contributed by atoms with Crippen molar-refractivity contribution in [2.24, 2.45) is 7.05 Å². The van der Waals surface area contributed by atoms with Crippen molar-refractivity contribution in [3.8, 4) is 5.75 Å². The molecule has 148 valence electrons. The van der Waals surface area contributed by atoms with Crippen LogP contribution in [0.15, 0.2) is 23.1 Å². The van der Waals surface area contributed by atoms with Gasteiger partial charge in [0.25, 0.3) is 11.5 Å². The van der Waals surface area contributed by atoms with Crippen LogP contribution >= 0.6 is 0 Å². The largest absolute Gasteiger partial charge is 0.506 e. The molecule has 0 fully saturated rings. The van der Waals surface area contributed by atoms with Gasteiger partial charge in [-0.25, -0.2) is 9.78 Å². The van der Waals surface area contributed by atoms with Gasteiger partial charge in [-0.2, -0.15) is 0 Å². The second-order valence-corrected chi connectivity index (χ2v) is 6.70. The summed E-state index contributed by atoms with van der Waals surface area (Å²) in [4.78, 5) is 40.3. The zero-order valence-electron chi connectivity index (χ0n) is 15.3. The number of aromatic nitrogens is 2. The van der Waals surface area contributed by atoms with E-state index in [9.17, 15) is 19.5 Å². The summed E-state index contributed by atoms with van der Waals surface area (Å²) in [5.41, 5.74) is 0.682. The average molecular weight is 387 g/mol. The van der Waals surface area contributed by atoms with E-state index in [1.165, 1.54) is 7.05 Å². The number of nitrogens with zero attached hydrogens (tertiary/aromatic N) is 2. The van der Waals surface area contributed by atoms with Gasteiger partial charge in [0.2, 0.25) is 0 Å². The topological polar surface area (TPSA) is 142 Å². The number of hydrogen-bond acceptors (Lipinski definition) is 6. The highest BCUT2D eigenvalue weighted by Crippen LogP contribution is 2.31. The molecule has 9 nitrogen and oxygen atoms in total. The SMILES string of the molecule is Cn1c(=O)c(C(=O)N[C@@H](CO)C(=O)O)c(O)c2cc(C3=CCCCC3)cnc21. The number of fused-ring (bicyclic) bond motifs is 1. The Morgan fingerprint density at radius 1 is 1.36 bits per heavy atom. The van der Waals surface area contributed by atoms with E-state index in [0.29, 0.717) is 0 Å². The Morgan fingerprint density at radius 3 is 2.71 bits per heavy atom. The van der Waals surface area contributed by atoms with Crippen LogP contribution in [0.25, 0.3) is 16.6 Å². The van der Waals surface area contributed by atoms with Crippen LogP contribution in [-0.4, -0.2) is 49.4 Å². The molecule has 9 heteroatoms. The fourth-order valence-corrected chi connectivity index (χ4v) is 3.30. The summed E-state index contributed by atoms with van der Waals surface area (Å²) in [5.74, 6) is -3.10. The highest BCUT2D eigenvalue weighted by Gasteiger charge is 2.26. The molecule has 1 aliphatic carbocycles. The second kappa shape index (κ2) is 7.81. The molecule has 3 rings (SSSR count). The molecule has 0 unspecified atom stereocenters. The first-order valence-corrected chi connectivity index (χ1v) is 8.90. The number of nitrogens with one attached hydrogen (secondary N) is 1. The summed E-state index contributed by atoms with van der Waals surface area (Å²) in [6.07, 6.45) is 7.74. The molecular formula is C19H21N3O6. The molecule has 2 aromatic rings. The fourth-order valence-electron chi connectivity index (χ4n) is 3.30. The van der Waals surface area contributed by atoms with Gasteiger partial charge in [0.1, 0.15) is 17.0 Å². The van der Waals surface area contributed by atoms with E-state index in [4.69, 9.17) is 10.2 Å². The minimum Gasteiger partial charge on any atom is -0.506 e. The van der Waals surface area contributed by atoms with Crippen molar-refractivity contribution in [1.82, 2.24) is 14.9 Å². The minimum absolute atomic E-state index is 0.205. The third kappa shape index (κ3) is 3.48. The van der Waals surface area contributed by atoms with Crippen molar-refractivity contribution in [3.63, 3.8) is 0 Å². The number of aryl methyl sites for hydroxylation is 1. The standard InChI is InChI=1S/C19H21N3O6/c1-22-16-12(7-11(8-20-16)10-5-3-2-4-6-10)15(24)14(18(22)26)17(25)21-13(9-23)19(27)28/h5,7-8,13,23-24H,2-4,6,9H2,1H3,(H,21,25)(H,27,28)/t13-/m0/s1. The highest BCUT2D eigenvalue weighted by molar-refractivity contribution is 6.03. The van der Waals surface area contributed by atoms with Crippen molar-refractivity contribution in [1.29, 1.82) is 0 Å². The lowest BCUT2D eigenvalue weighted by molar-refractivity contribution is -0.140. The molecule has 0 radical (unpaired) electrons. The Balaban J connectivity index is 2.13. The van der Waals surface area contributed by atoms with Gasteiger partial charge in [-0.3, -0.25) is 14.2 Å². The van der Waals surface area contributed by atoms with Crippen LogP contribution in [-0.2, 0) is 11.8 Å². The average Bonchev–Trinajstić information content (AvgIpc) is 2.70. The van der Waals surface area contributed by atoms with Crippen molar-refractivity contribution < 1.29 is 24.9 Å². The molecule has 1 aliphatic rings. The predicted octanol–water partition coefficient (Wildman–Crippen LogP) is 0.772. The fraction of sp³-hybridized carbons (Fsp3) is 0.368. The lowest BCUT2D eigenvalue weighted by atomic mass is 9.94. The third-order valence-corrected chi connectivity index (χ3v) is 4.87. The first-order valence-electron chi connectivity index (χ1n) is 8.90. The Labute approximate surface area is 159 Å². The molecule has 2 heterocycles. The number of carbonyl (C=O) groups excluding carboxylic acids is 1. The molecule has 0 bridgehead atoms. The number of amides is 1. The molecule has 0 spiro atoms. The Bertz CT molecular complexity index is 1040. The Kier molecular flexibility index (Phi) is 5.46. The van der Waals surface area contributed by atoms with Gasteiger partial charge in [0.05, 0.1) is 12.0 Å². The zero-order chi connectivity index (χ0) is 20.4. The number of aliphatic hydroxyl groups excluding tert-OH is 1. The summed E-state index contributed by atoms with van der Waals surface area (Å²) in [6, 6.07) is 0.0790. The van der Waals surface area contributed by atoms with Crippen LogP contribution in [0, 0.1) is 0 Å². The van der Waals surface area contributed by atoms with Crippen molar-refractivity contribution in [2.45, 2.75) is 31.7 Å². The van der Waals surface area contributed by atoms with Gasteiger partial charge in [-0.05, 0) is 42.9 Å². The van der Waals surface area contributed by atoms with E-state index in [1.807, 2.05) is 5.32 Å². The summed E-state index contributed by atoms with van der Waals surface area (Å²) in [5, 5.41) is 30.9. The van der Waals surface area contributed by atoms with Crippen LogP contribution in [0.4, 0.5) is 0 Å². The van der Waals surface area contributed by atoms with Crippen LogP contribution in [0.3, 0.4) is 0 Å². The monoisotopic (exact) mass is 387 g/mol. The Hall–Kier alpha value is -3.20. The van der Waals surface area contributed by atoms with Crippen LogP contribution in [0.5, 0.6) is 5.75 Å². The van der Waals surface area contributed by atoms with Gasteiger partial charge in [-0.15, -0.1) is 0 Å². The number of carbonyl (C=O) groups is 2. The molecule has 0 aliphatic heterocycles. The van der Waals surface area contributed by atoms with Gasteiger partial charge in [0.15, 0.2) is 6.04 Å². The maximum Gasteiger partial charge on any atom is 0.328 e. The van der Waals surface area contributed by atoms with E-state index in [1.54, 1.807) is 12.3 Å². The van der Waals surface area contributed by atoms with E-state index >= 15 is 0 Å². The quantitative estimate of drug-likeness (QED) is 0.594. The molecule has 4 N–H and O–H groups in total. The number of hydrogen-bond donors (Lipinski definition) is 4. The molecule has 1 atom stereocenters. The van der Waals surface area contributed by atoms with E-state index < -0.39 is 41.4 Å². The van der Waals surface area contributed by atoms with Gasteiger partial charge in [0, 0.05) is 13.2 Å². The smallest absolute Gasteiger partial charge is 0.328 e. The maximum absolute atomic E-state index is 12.6. The summed E-state index contributed by atoms with van der Waals surface area (Å²) in [7, 11) is 1.41. The molecular weight excluding hydrogens is 366 g/mol. The second-order valence-electron chi connectivity index (χ2n) is 6.70. The van der Waals surface area contributed by atoms with Gasteiger partial charge >= 0.3 is 5.97 Å². The third-order valence-electron chi connectivity index (χ3n) is 4.87. The van der Waals surface area contributed by atoms with Crippen molar-refractivity contribution >= 4 is 28.5 Å². The number of aliphatic carboxylic acids is 1. The Morgan fingerprint density at radius 2 is 2.11 bits per heavy atom. The molecule has 0 aromatic carbocycles. The first-order chi connectivity index (χ1) is 13.3. The number of aliphatic hydroxyl groups is 1. The number of allylic oxidation sites excluding steroid dienone is 2. The van der Waals surface area contributed by atoms with E-state index in [0.717, 1.165) is 41.4 Å². The summed E-state index contributed by atoms with van der Waals surface area (Å²) < 4.78 is 1.12. The van der Waals surface area contributed by atoms with Crippen LogP contribution < -0.4 is 10.9 Å². The maximum atomic E-state index is 12.6. The van der Waals surface area contributed by atoms with Crippen molar-refractivity contribution in [3.05, 3.63) is 39.8 Å². The number of carboxylic acids is 1. The molecule has 0 saturated carbocycles. The highest BCUT2D eigenvalue weighted by atomic mass is 16.4. The normalized spacial score (nSPS) is 15.1. The minimum atomic E-state index is -1.59. The zero-order valence-corrected chi connectivity index (χ0v) is 15.3. The van der Waals surface area contributed by atoms with Crippen LogP contribution in [0.2, 0.25) is 0 Å². The van der Waals surface area contributed by atoms with Crippen molar-refractivity contribution in [2.75, 3.05) is 6.61 Å². The number of aromatic hydroxyl groups is 1. The molecule has 28 heavy (non-hydrogen) atoms. The predicted molar refractivity (Wildman–Crippen MR) is 101 cm³/mol. The number of carboxylic acid groups (broad SMARTS) is 1. The summed E-state index contributed by atoms with van der Waals surface area (Å²) >= 11 is 0. The van der Waals surface area contributed by atoms with E-state index in [-0.39, 0.29) is 11.0 Å². The first kappa shape index (κ1) is 19.6. The summed E-state index contributed by atoms with van der Waals surface area (Å²) in [6.45, 7) is -0.852. The number of pyridine rings is 2. The lowest BCUT2D eigenvalue weighted by Crippen LogP contribution is -2.45. The van der Waals surface area contributed by atoms with Gasteiger partial charge < -0.3 is 20.6 Å². The molecule has 0 saturated heterocycles.